The van der Waals surface area contributed by atoms with E-state index in [0.29, 0.717) is 11.5 Å². The summed E-state index contributed by atoms with van der Waals surface area (Å²) in [5.41, 5.74) is 10.6. The number of hydrogen-bond acceptors (Lipinski definition) is 4. The Balaban J connectivity index is 1.95. The molecule has 1 heterocycles. The van der Waals surface area contributed by atoms with Crippen molar-refractivity contribution in [2.45, 2.75) is 13.0 Å². The lowest BCUT2D eigenvalue weighted by atomic mass is 10.0. The molecule has 0 spiro atoms. The van der Waals surface area contributed by atoms with E-state index < -0.39 is 0 Å². The molecule has 3 aromatic rings. The summed E-state index contributed by atoms with van der Waals surface area (Å²) < 4.78 is 0. The molecule has 0 radical (unpaired) electrons. The maximum atomic E-state index is 11.6. The number of carbonyl (C=O) groups excluding carboxylic acids is 1. The van der Waals surface area contributed by atoms with Crippen LogP contribution in [0.3, 0.4) is 0 Å². The Kier molecular flexibility index (Phi) is 5.52. The molecule has 1 amide bonds. The highest BCUT2D eigenvalue weighted by Gasteiger charge is 2.14. The molecule has 4 N–H and O–H groups in total. The number of aromatic nitrogens is 1. The molecule has 0 aliphatic carbocycles. The van der Waals surface area contributed by atoms with Gasteiger partial charge in [-0.05, 0) is 42.3 Å². The fourth-order valence-electron chi connectivity index (χ4n) is 2.91. The number of carbonyl (C=O) groups is 1. The number of amides is 1. The lowest BCUT2D eigenvalue weighted by molar-refractivity contribution is -0.111. The monoisotopic (exact) mass is 358 g/mol. The molecule has 136 valence electrons. The zero-order chi connectivity index (χ0) is 19.2. The van der Waals surface area contributed by atoms with E-state index in [0.717, 1.165) is 16.8 Å². The summed E-state index contributed by atoms with van der Waals surface area (Å²) in [5, 5.41) is 6.28. The van der Waals surface area contributed by atoms with Gasteiger partial charge in [0.05, 0.1) is 0 Å². The van der Waals surface area contributed by atoms with Gasteiger partial charge < -0.3 is 16.4 Å². The number of hydrogen-bond donors (Lipinski definition) is 3. The summed E-state index contributed by atoms with van der Waals surface area (Å²) in [5.74, 6) is 0.162. The fraction of sp³-hybridized carbons (Fsp3) is 0.0909. The van der Waals surface area contributed by atoms with E-state index in [2.05, 4.69) is 41.3 Å². The minimum Gasteiger partial charge on any atom is -0.383 e. The van der Waals surface area contributed by atoms with Crippen LogP contribution in [0.2, 0.25) is 0 Å². The minimum absolute atomic E-state index is 0.0930. The molecule has 0 saturated heterocycles. The summed E-state index contributed by atoms with van der Waals surface area (Å²) >= 11 is 0. The van der Waals surface area contributed by atoms with Gasteiger partial charge in [0.1, 0.15) is 5.82 Å². The number of benzene rings is 2. The SMILES string of the molecule is C=CC(=O)Nc1cccc(-c2c(N[C@H](C)c3ccccc3)ccnc2N)c1. The molecule has 27 heavy (non-hydrogen) atoms. The van der Waals surface area contributed by atoms with Crippen molar-refractivity contribution in [2.75, 3.05) is 16.4 Å². The van der Waals surface area contributed by atoms with Gasteiger partial charge in [-0.3, -0.25) is 4.79 Å². The zero-order valence-electron chi connectivity index (χ0n) is 15.1. The van der Waals surface area contributed by atoms with E-state index >= 15 is 0 Å². The highest BCUT2D eigenvalue weighted by atomic mass is 16.1. The summed E-state index contributed by atoms with van der Waals surface area (Å²) in [7, 11) is 0. The lowest BCUT2D eigenvalue weighted by Gasteiger charge is -2.20. The Hall–Kier alpha value is -3.60. The van der Waals surface area contributed by atoms with Crippen LogP contribution in [0, 0.1) is 0 Å². The van der Waals surface area contributed by atoms with E-state index in [1.807, 2.05) is 48.5 Å². The molecular weight excluding hydrogens is 336 g/mol. The standard InChI is InChI=1S/C22H22N4O/c1-3-20(27)26-18-11-7-10-17(14-18)21-19(12-13-24-22(21)23)25-15(2)16-8-5-4-6-9-16/h3-15H,1H2,2H3,(H,26,27)(H3,23,24,25)/t15-/m1/s1. The van der Waals surface area contributed by atoms with Gasteiger partial charge in [-0.2, -0.15) is 0 Å². The first-order valence-electron chi connectivity index (χ1n) is 8.68. The Morgan fingerprint density at radius 1 is 1.15 bits per heavy atom. The predicted octanol–water partition coefficient (Wildman–Crippen LogP) is 4.63. The first-order valence-corrected chi connectivity index (χ1v) is 8.68. The van der Waals surface area contributed by atoms with Gasteiger partial charge in [0, 0.05) is 29.2 Å². The Labute approximate surface area is 159 Å². The number of nitrogens with zero attached hydrogens (tertiary/aromatic N) is 1. The molecule has 0 fully saturated rings. The summed E-state index contributed by atoms with van der Waals surface area (Å²) in [4.78, 5) is 15.8. The number of nitrogen functional groups attached to an aromatic ring is 1. The third kappa shape index (κ3) is 4.33. The van der Waals surface area contributed by atoms with Crippen molar-refractivity contribution < 1.29 is 4.79 Å². The molecule has 1 aromatic heterocycles. The number of nitrogens with two attached hydrogens (primary N) is 1. The van der Waals surface area contributed by atoms with Crippen molar-refractivity contribution in [1.29, 1.82) is 0 Å². The van der Waals surface area contributed by atoms with Crippen LogP contribution in [0.25, 0.3) is 11.1 Å². The average Bonchev–Trinajstić information content (AvgIpc) is 2.69. The van der Waals surface area contributed by atoms with Crippen LogP contribution in [-0.2, 0) is 4.79 Å². The van der Waals surface area contributed by atoms with Crippen LogP contribution < -0.4 is 16.4 Å². The van der Waals surface area contributed by atoms with Crippen molar-refractivity contribution >= 4 is 23.1 Å². The van der Waals surface area contributed by atoms with Crippen molar-refractivity contribution in [3.8, 4) is 11.1 Å². The van der Waals surface area contributed by atoms with Crippen LogP contribution in [0.4, 0.5) is 17.2 Å². The lowest BCUT2D eigenvalue weighted by Crippen LogP contribution is -2.09. The first kappa shape index (κ1) is 18.2. The molecule has 0 bridgehead atoms. The Bertz CT molecular complexity index is 954. The van der Waals surface area contributed by atoms with Crippen LogP contribution in [-0.4, -0.2) is 10.9 Å². The summed E-state index contributed by atoms with van der Waals surface area (Å²) in [6.07, 6.45) is 2.92. The second-order valence-corrected chi connectivity index (χ2v) is 6.17. The predicted molar refractivity (Wildman–Crippen MR) is 111 cm³/mol. The average molecular weight is 358 g/mol. The van der Waals surface area contributed by atoms with Crippen molar-refractivity contribution in [1.82, 2.24) is 4.98 Å². The minimum atomic E-state index is -0.262. The normalized spacial score (nSPS) is 11.4. The van der Waals surface area contributed by atoms with Gasteiger partial charge in [-0.25, -0.2) is 4.98 Å². The third-order valence-electron chi connectivity index (χ3n) is 4.26. The van der Waals surface area contributed by atoms with Crippen LogP contribution in [0.15, 0.2) is 79.5 Å². The van der Waals surface area contributed by atoms with E-state index in [1.165, 1.54) is 11.6 Å². The Morgan fingerprint density at radius 3 is 2.67 bits per heavy atom. The summed E-state index contributed by atoms with van der Waals surface area (Å²) in [6, 6.07) is 19.7. The molecule has 3 rings (SSSR count). The number of pyridine rings is 1. The molecule has 0 unspecified atom stereocenters. The van der Waals surface area contributed by atoms with Gasteiger partial charge >= 0.3 is 0 Å². The third-order valence-corrected chi connectivity index (χ3v) is 4.26. The maximum absolute atomic E-state index is 11.6. The number of rotatable bonds is 6. The molecule has 5 nitrogen and oxygen atoms in total. The molecule has 5 heteroatoms. The zero-order valence-corrected chi connectivity index (χ0v) is 15.1. The quantitative estimate of drug-likeness (QED) is 0.561. The second kappa shape index (κ2) is 8.19. The van der Waals surface area contributed by atoms with Gasteiger partial charge in [0.15, 0.2) is 0 Å². The smallest absolute Gasteiger partial charge is 0.247 e. The van der Waals surface area contributed by atoms with Crippen LogP contribution >= 0.6 is 0 Å². The van der Waals surface area contributed by atoms with Gasteiger partial charge in [0.25, 0.3) is 0 Å². The molecule has 2 aromatic carbocycles. The van der Waals surface area contributed by atoms with Crippen molar-refractivity contribution in [2.24, 2.45) is 0 Å². The van der Waals surface area contributed by atoms with Crippen LogP contribution in [0.1, 0.15) is 18.5 Å². The van der Waals surface area contributed by atoms with Crippen molar-refractivity contribution in [3.63, 3.8) is 0 Å². The molecule has 0 aliphatic rings. The largest absolute Gasteiger partial charge is 0.383 e. The highest BCUT2D eigenvalue weighted by molar-refractivity contribution is 5.99. The van der Waals surface area contributed by atoms with E-state index in [9.17, 15) is 4.79 Å². The van der Waals surface area contributed by atoms with E-state index in [4.69, 9.17) is 5.73 Å². The van der Waals surface area contributed by atoms with Crippen molar-refractivity contribution in [3.05, 3.63) is 85.1 Å². The molecule has 1 atom stereocenters. The van der Waals surface area contributed by atoms with E-state index in [1.54, 1.807) is 6.20 Å². The molecule has 0 aliphatic heterocycles. The summed E-state index contributed by atoms with van der Waals surface area (Å²) in [6.45, 7) is 5.57. The van der Waals surface area contributed by atoms with Gasteiger partial charge in [0.2, 0.25) is 5.91 Å². The second-order valence-electron chi connectivity index (χ2n) is 6.17. The molecular formula is C22H22N4O. The topological polar surface area (TPSA) is 80.0 Å². The van der Waals surface area contributed by atoms with Gasteiger partial charge in [-0.1, -0.05) is 49.0 Å². The van der Waals surface area contributed by atoms with E-state index in [-0.39, 0.29) is 11.9 Å². The maximum Gasteiger partial charge on any atom is 0.247 e. The molecule has 0 saturated carbocycles. The van der Waals surface area contributed by atoms with Crippen LogP contribution in [0.5, 0.6) is 0 Å². The number of anilines is 3. The highest BCUT2D eigenvalue weighted by Crippen LogP contribution is 2.35. The Morgan fingerprint density at radius 2 is 1.93 bits per heavy atom. The van der Waals surface area contributed by atoms with Gasteiger partial charge in [-0.15, -0.1) is 0 Å². The fourth-order valence-corrected chi connectivity index (χ4v) is 2.91. The first-order chi connectivity index (χ1) is 13.1. The number of nitrogens with one attached hydrogen (secondary N) is 2.